The standard InChI is InChI=1S/C11H18N4O2/c16-11(17)9-2-1-3-10(8-9)12-4-6-15-7-5-13-14-15/h5,7,9-10,12H,1-4,6,8H2,(H,16,17). The van der Waals surface area contributed by atoms with Crippen LogP contribution in [0.2, 0.25) is 0 Å². The van der Waals surface area contributed by atoms with Crippen molar-refractivity contribution in [2.45, 2.75) is 38.3 Å². The highest BCUT2D eigenvalue weighted by molar-refractivity contribution is 5.70. The smallest absolute Gasteiger partial charge is 0.306 e. The van der Waals surface area contributed by atoms with Crippen LogP contribution in [0, 0.1) is 5.92 Å². The second-order valence-corrected chi connectivity index (χ2v) is 4.52. The van der Waals surface area contributed by atoms with Crippen molar-refractivity contribution in [2.24, 2.45) is 5.92 Å². The highest BCUT2D eigenvalue weighted by Crippen LogP contribution is 2.24. The van der Waals surface area contributed by atoms with Crippen LogP contribution in [0.25, 0.3) is 0 Å². The molecule has 1 aliphatic carbocycles. The number of hydrogen-bond acceptors (Lipinski definition) is 4. The number of aliphatic carboxylic acids is 1. The molecule has 0 aromatic carbocycles. The molecule has 94 valence electrons. The molecule has 2 unspecified atom stereocenters. The summed E-state index contributed by atoms with van der Waals surface area (Å²) in [7, 11) is 0. The molecule has 0 bridgehead atoms. The van der Waals surface area contributed by atoms with E-state index in [2.05, 4.69) is 15.6 Å². The van der Waals surface area contributed by atoms with Gasteiger partial charge in [-0.2, -0.15) is 0 Å². The lowest BCUT2D eigenvalue weighted by atomic mass is 9.86. The number of carboxylic acid groups (broad SMARTS) is 1. The number of hydrogen-bond donors (Lipinski definition) is 2. The summed E-state index contributed by atoms with van der Waals surface area (Å²) in [5.41, 5.74) is 0. The van der Waals surface area contributed by atoms with E-state index in [1.165, 1.54) is 0 Å². The normalized spacial score (nSPS) is 24.7. The van der Waals surface area contributed by atoms with Gasteiger partial charge in [0.25, 0.3) is 0 Å². The first-order valence-corrected chi connectivity index (χ1v) is 6.06. The molecule has 0 aliphatic heterocycles. The fourth-order valence-electron chi connectivity index (χ4n) is 2.33. The van der Waals surface area contributed by atoms with Gasteiger partial charge in [-0.1, -0.05) is 11.6 Å². The van der Waals surface area contributed by atoms with Crippen LogP contribution < -0.4 is 5.32 Å². The topological polar surface area (TPSA) is 80.0 Å². The maximum absolute atomic E-state index is 10.9. The lowest BCUT2D eigenvalue weighted by Gasteiger charge is -2.27. The third-order valence-corrected chi connectivity index (χ3v) is 3.27. The quantitative estimate of drug-likeness (QED) is 0.781. The fourth-order valence-corrected chi connectivity index (χ4v) is 2.33. The van der Waals surface area contributed by atoms with Crippen molar-refractivity contribution in [1.29, 1.82) is 0 Å². The van der Waals surface area contributed by atoms with E-state index in [-0.39, 0.29) is 5.92 Å². The van der Waals surface area contributed by atoms with Crippen LogP contribution in [0.5, 0.6) is 0 Å². The van der Waals surface area contributed by atoms with Gasteiger partial charge in [-0.3, -0.25) is 9.48 Å². The number of carbonyl (C=O) groups is 1. The van der Waals surface area contributed by atoms with Gasteiger partial charge in [-0.15, -0.1) is 5.10 Å². The second kappa shape index (κ2) is 5.77. The van der Waals surface area contributed by atoms with Gasteiger partial charge < -0.3 is 10.4 Å². The number of rotatable bonds is 5. The zero-order chi connectivity index (χ0) is 12.1. The predicted molar refractivity (Wildman–Crippen MR) is 61.4 cm³/mol. The van der Waals surface area contributed by atoms with E-state index in [4.69, 9.17) is 5.11 Å². The van der Waals surface area contributed by atoms with E-state index in [0.29, 0.717) is 6.04 Å². The molecule has 0 saturated heterocycles. The van der Waals surface area contributed by atoms with E-state index < -0.39 is 5.97 Å². The van der Waals surface area contributed by atoms with Gasteiger partial charge in [0.05, 0.1) is 18.7 Å². The molecule has 1 saturated carbocycles. The first-order chi connectivity index (χ1) is 8.25. The van der Waals surface area contributed by atoms with Crippen LogP contribution in [0.1, 0.15) is 25.7 Å². The van der Waals surface area contributed by atoms with Crippen LogP contribution in [0.15, 0.2) is 12.4 Å². The Kier molecular flexibility index (Phi) is 4.08. The van der Waals surface area contributed by atoms with Gasteiger partial charge >= 0.3 is 5.97 Å². The van der Waals surface area contributed by atoms with E-state index in [9.17, 15) is 4.79 Å². The van der Waals surface area contributed by atoms with Gasteiger partial charge in [0.15, 0.2) is 0 Å². The third kappa shape index (κ3) is 3.52. The van der Waals surface area contributed by atoms with Crippen molar-refractivity contribution in [2.75, 3.05) is 6.54 Å². The third-order valence-electron chi connectivity index (χ3n) is 3.27. The summed E-state index contributed by atoms with van der Waals surface area (Å²) >= 11 is 0. The second-order valence-electron chi connectivity index (χ2n) is 4.52. The molecular formula is C11H18N4O2. The summed E-state index contributed by atoms with van der Waals surface area (Å²) in [5.74, 6) is -0.833. The first kappa shape index (κ1) is 12.0. The van der Waals surface area contributed by atoms with Crippen molar-refractivity contribution in [3.05, 3.63) is 12.4 Å². The molecule has 1 aromatic rings. The Labute approximate surface area is 100 Å². The number of carboxylic acids is 1. The summed E-state index contributed by atoms with van der Waals surface area (Å²) in [6.07, 6.45) is 7.10. The molecular weight excluding hydrogens is 220 g/mol. The zero-order valence-electron chi connectivity index (χ0n) is 9.75. The van der Waals surface area contributed by atoms with Crippen LogP contribution in [0.3, 0.4) is 0 Å². The van der Waals surface area contributed by atoms with Crippen molar-refractivity contribution in [3.63, 3.8) is 0 Å². The highest BCUT2D eigenvalue weighted by Gasteiger charge is 2.26. The minimum atomic E-state index is -0.659. The molecule has 6 nitrogen and oxygen atoms in total. The molecule has 0 radical (unpaired) electrons. The summed E-state index contributed by atoms with van der Waals surface area (Å²) in [4.78, 5) is 10.9. The predicted octanol–water partition coefficient (Wildman–Crippen LogP) is 0.511. The summed E-state index contributed by atoms with van der Waals surface area (Å²) < 4.78 is 1.77. The molecule has 0 spiro atoms. The Balaban J connectivity index is 1.70. The van der Waals surface area contributed by atoms with Crippen LogP contribution >= 0.6 is 0 Å². The van der Waals surface area contributed by atoms with Gasteiger partial charge in [-0.25, -0.2) is 0 Å². The van der Waals surface area contributed by atoms with Crippen LogP contribution in [0.4, 0.5) is 0 Å². The van der Waals surface area contributed by atoms with Gasteiger partial charge in [0.1, 0.15) is 0 Å². The van der Waals surface area contributed by atoms with Crippen molar-refractivity contribution < 1.29 is 9.90 Å². The highest BCUT2D eigenvalue weighted by atomic mass is 16.4. The molecule has 2 atom stereocenters. The zero-order valence-corrected chi connectivity index (χ0v) is 9.75. The molecule has 1 aromatic heterocycles. The fraction of sp³-hybridized carbons (Fsp3) is 0.727. The molecule has 17 heavy (non-hydrogen) atoms. The molecule has 2 rings (SSSR count). The Bertz CT molecular complexity index is 352. The minimum absolute atomic E-state index is 0.173. The van der Waals surface area contributed by atoms with Crippen molar-refractivity contribution in [1.82, 2.24) is 20.3 Å². The van der Waals surface area contributed by atoms with E-state index in [0.717, 1.165) is 38.8 Å². The summed E-state index contributed by atoms with van der Waals surface area (Å²) in [6, 6.07) is 0.327. The Hall–Kier alpha value is -1.43. The number of aromatic nitrogens is 3. The van der Waals surface area contributed by atoms with Crippen LogP contribution in [-0.2, 0) is 11.3 Å². The number of nitrogens with zero attached hydrogens (tertiary/aromatic N) is 3. The van der Waals surface area contributed by atoms with Gasteiger partial charge in [0, 0.05) is 18.8 Å². The summed E-state index contributed by atoms with van der Waals surface area (Å²) in [6.45, 7) is 1.58. The molecule has 6 heteroatoms. The molecule has 1 aliphatic rings. The van der Waals surface area contributed by atoms with Gasteiger partial charge in [0.2, 0.25) is 0 Å². The van der Waals surface area contributed by atoms with E-state index in [1.54, 1.807) is 10.9 Å². The number of nitrogens with one attached hydrogen (secondary N) is 1. The molecule has 0 amide bonds. The lowest BCUT2D eigenvalue weighted by molar-refractivity contribution is -0.143. The maximum Gasteiger partial charge on any atom is 0.306 e. The largest absolute Gasteiger partial charge is 0.481 e. The molecule has 2 N–H and O–H groups in total. The Morgan fingerprint density at radius 2 is 2.41 bits per heavy atom. The monoisotopic (exact) mass is 238 g/mol. The average Bonchev–Trinajstić information content (AvgIpc) is 2.82. The SMILES string of the molecule is O=C(O)C1CCCC(NCCn2ccnn2)C1. The average molecular weight is 238 g/mol. The van der Waals surface area contributed by atoms with E-state index in [1.807, 2.05) is 6.20 Å². The maximum atomic E-state index is 10.9. The first-order valence-electron chi connectivity index (χ1n) is 6.06. The van der Waals surface area contributed by atoms with Crippen LogP contribution in [-0.4, -0.2) is 38.7 Å². The van der Waals surface area contributed by atoms with Crippen molar-refractivity contribution >= 4 is 5.97 Å². The minimum Gasteiger partial charge on any atom is -0.481 e. The molecule has 1 heterocycles. The van der Waals surface area contributed by atoms with Gasteiger partial charge in [-0.05, 0) is 19.3 Å². The Morgan fingerprint density at radius 1 is 1.53 bits per heavy atom. The summed E-state index contributed by atoms with van der Waals surface area (Å²) in [5, 5.41) is 20.0. The lowest BCUT2D eigenvalue weighted by Crippen LogP contribution is -2.37. The van der Waals surface area contributed by atoms with E-state index >= 15 is 0 Å². The molecule has 1 fully saturated rings. The van der Waals surface area contributed by atoms with Crippen molar-refractivity contribution in [3.8, 4) is 0 Å². The Morgan fingerprint density at radius 3 is 3.12 bits per heavy atom.